The molecule has 0 radical (unpaired) electrons. The van der Waals surface area contributed by atoms with Crippen LogP contribution >= 0.6 is 11.5 Å². The van der Waals surface area contributed by atoms with Gasteiger partial charge in [-0.2, -0.15) is 0 Å². The molecule has 0 bridgehead atoms. The number of sulfonamides is 1. The highest BCUT2D eigenvalue weighted by molar-refractivity contribution is 7.93. The lowest BCUT2D eigenvalue weighted by atomic mass is 10.2. The molecule has 20 heavy (non-hydrogen) atoms. The maximum Gasteiger partial charge on any atom is 0.341 e. The lowest BCUT2D eigenvalue weighted by molar-refractivity contribution is 0.0685. The van der Waals surface area contributed by atoms with Gasteiger partial charge in [0.2, 0.25) is 0 Å². The quantitative estimate of drug-likeness (QED) is 0.879. The van der Waals surface area contributed by atoms with E-state index in [1.807, 2.05) is 4.72 Å². The smallest absolute Gasteiger partial charge is 0.341 e. The summed E-state index contributed by atoms with van der Waals surface area (Å²) >= 11 is 0.700. The highest BCUT2D eigenvalue weighted by Crippen LogP contribution is 2.24. The minimum absolute atomic E-state index is 0.00519. The Bertz CT molecular complexity index is 762. The maximum absolute atomic E-state index is 13.8. The lowest BCUT2D eigenvalue weighted by Crippen LogP contribution is -2.17. The van der Waals surface area contributed by atoms with E-state index < -0.39 is 38.1 Å². The van der Waals surface area contributed by atoms with Crippen LogP contribution in [-0.2, 0) is 10.0 Å². The monoisotopic (exact) mass is 321 g/mol. The van der Waals surface area contributed by atoms with Crippen molar-refractivity contribution in [2.45, 2.75) is 4.90 Å². The van der Waals surface area contributed by atoms with Crippen molar-refractivity contribution in [1.29, 1.82) is 0 Å². The highest BCUT2D eigenvalue weighted by atomic mass is 32.2. The van der Waals surface area contributed by atoms with Crippen LogP contribution < -0.4 is 4.72 Å². The largest absolute Gasteiger partial charge is 0.477 e. The van der Waals surface area contributed by atoms with Gasteiger partial charge in [0.05, 0.1) is 6.20 Å². The molecule has 7 nitrogen and oxygen atoms in total. The summed E-state index contributed by atoms with van der Waals surface area (Å²) in [5, 5.41) is 12.1. The van der Waals surface area contributed by atoms with Gasteiger partial charge in [-0.05, 0) is 12.1 Å². The second-order valence-electron chi connectivity index (χ2n) is 3.43. The van der Waals surface area contributed by atoms with Crippen LogP contribution in [0.1, 0.15) is 10.4 Å². The molecule has 1 heterocycles. The molecule has 0 aliphatic carbocycles. The van der Waals surface area contributed by atoms with E-state index in [0.29, 0.717) is 23.7 Å². The van der Waals surface area contributed by atoms with E-state index in [1.165, 1.54) is 0 Å². The zero-order chi connectivity index (χ0) is 14.9. The Morgan fingerprint density at radius 2 is 2.05 bits per heavy atom. The molecule has 0 aliphatic heterocycles. The molecule has 0 fully saturated rings. The van der Waals surface area contributed by atoms with Crippen molar-refractivity contribution in [3.05, 3.63) is 35.5 Å². The van der Waals surface area contributed by atoms with Crippen LogP contribution in [0.3, 0.4) is 0 Å². The average molecular weight is 321 g/mol. The second kappa shape index (κ2) is 5.09. The average Bonchev–Trinajstić information content (AvgIpc) is 2.79. The molecule has 1 aromatic heterocycles. The number of carbonyl (C=O) groups is 1. The molecular formula is C9H5F2N3O4S2. The first-order chi connectivity index (χ1) is 9.33. The number of aromatic carboxylic acids is 1. The Kier molecular flexibility index (Phi) is 3.63. The topological polar surface area (TPSA) is 109 Å². The number of carboxylic acids is 1. The van der Waals surface area contributed by atoms with Crippen LogP contribution in [-0.4, -0.2) is 29.1 Å². The zero-order valence-corrected chi connectivity index (χ0v) is 11.0. The number of hydrogen-bond acceptors (Lipinski definition) is 6. The SMILES string of the molecule is O=C(O)c1c(F)ccc(S(=O)(=O)Nc2cnns2)c1F. The third-order valence-electron chi connectivity index (χ3n) is 2.16. The minimum Gasteiger partial charge on any atom is -0.477 e. The van der Waals surface area contributed by atoms with Crippen molar-refractivity contribution in [3.8, 4) is 0 Å². The fraction of sp³-hybridized carbons (Fsp3) is 0. The molecule has 11 heteroatoms. The first-order valence-electron chi connectivity index (χ1n) is 4.84. The molecule has 0 amide bonds. The van der Waals surface area contributed by atoms with Gasteiger partial charge in [-0.3, -0.25) is 4.72 Å². The maximum atomic E-state index is 13.8. The molecule has 2 rings (SSSR count). The van der Waals surface area contributed by atoms with Gasteiger partial charge in [0, 0.05) is 11.5 Å². The second-order valence-corrected chi connectivity index (χ2v) is 5.86. The summed E-state index contributed by atoms with van der Waals surface area (Å²) in [7, 11) is -4.41. The number of benzene rings is 1. The van der Waals surface area contributed by atoms with Crippen molar-refractivity contribution >= 4 is 32.5 Å². The molecular weight excluding hydrogens is 316 g/mol. The van der Waals surface area contributed by atoms with Gasteiger partial charge in [-0.1, -0.05) is 4.49 Å². The molecule has 0 saturated heterocycles. The molecule has 0 unspecified atom stereocenters. The van der Waals surface area contributed by atoms with Gasteiger partial charge in [-0.15, -0.1) is 5.10 Å². The van der Waals surface area contributed by atoms with Crippen molar-refractivity contribution < 1.29 is 27.1 Å². The van der Waals surface area contributed by atoms with E-state index in [9.17, 15) is 22.0 Å². The van der Waals surface area contributed by atoms with Crippen molar-refractivity contribution in [3.63, 3.8) is 0 Å². The summed E-state index contributed by atoms with van der Waals surface area (Å²) in [6.07, 6.45) is 1.09. The molecule has 0 atom stereocenters. The van der Waals surface area contributed by atoms with E-state index in [0.717, 1.165) is 6.20 Å². The standard InChI is InChI=1S/C9H5F2N3O4S2/c10-4-1-2-5(8(11)7(4)9(15)16)20(17,18)13-6-3-12-14-19-6/h1-3,13H,(H,15,16). The van der Waals surface area contributed by atoms with Crippen molar-refractivity contribution in [2.24, 2.45) is 0 Å². The Morgan fingerprint density at radius 3 is 2.60 bits per heavy atom. The summed E-state index contributed by atoms with van der Waals surface area (Å²) < 4.78 is 56.2. The van der Waals surface area contributed by atoms with Crippen LogP contribution in [0.4, 0.5) is 13.8 Å². The summed E-state index contributed by atoms with van der Waals surface area (Å²) in [6, 6.07) is 1.19. The number of hydrogen-bond donors (Lipinski definition) is 2. The molecule has 0 saturated carbocycles. The van der Waals surface area contributed by atoms with Crippen LogP contribution in [0.2, 0.25) is 0 Å². The number of carboxylic acid groups (broad SMARTS) is 1. The van der Waals surface area contributed by atoms with E-state index in [-0.39, 0.29) is 5.00 Å². The van der Waals surface area contributed by atoms with E-state index in [1.54, 1.807) is 0 Å². The van der Waals surface area contributed by atoms with Crippen molar-refractivity contribution in [1.82, 2.24) is 9.59 Å². The first kappa shape index (κ1) is 14.3. The number of nitrogens with zero attached hydrogens (tertiary/aromatic N) is 2. The normalized spacial score (nSPS) is 11.3. The summed E-state index contributed by atoms with van der Waals surface area (Å²) in [6.45, 7) is 0. The van der Waals surface area contributed by atoms with Crippen LogP contribution in [0, 0.1) is 11.6 Å². The molecule has 106 valence electrons. The van der Waals surface area contributed by atoms with Crippen molar-refractivity contribution in [2.75, 3.05) is 4.72 Å². The summed E-state index contributed by atoms with van der Waals surface area (Å²) in [4.78, 5) is 9.74. The van der Waals surface area contributed by atoms with Crippen LogP contribution in [0.5, 0.6) is 0 Å². The van der Waals surface area contributed by atoms with Gasteiger partial charge < -0.3 is 5.11 Å². The van der Waals surface area contributed by atoms with Gasteiger partial charge >= 0.3 is 5.97 Å². The van der Waals surface area contributed by atoms with Gasteiger partial charge in [0.25, 0.3) is 10.0 Å². The predicted molar refractivity (Wildman–Crippen MR) is 64.0 cm³/mol. The van der Waals surface area contributed by atoms with E-state index in [2.05, 4.69) is 9.59 Å². The number of rotatable bonds is 4. The summed E-state index contributed by atoms with van der Waals surface area (Å²) in [5.41, 5.74) is -1.34. The fourth-order valence-electron chi connectivity index (χ4n) is 1.34. The third kappa shape index (κ3) is 2.58. The predicted octanol–water partition coefficient (Wildman–Crippen LogP) is 1.32. The van der Waals surface area contributed by atoms with E-state index in [4.69, 9.17) is 5.11 Å². The molecule has 0 spiro atoms. The highest BCUT2D eigenvalue weighted by Gasteiger charge is 2.27. The Balaban J connectivity index is 2.53. The third-order valence-corrected chi connectivity index (χ3v) is 4.25. The zero-order valence-electron chi connectivity index (χ0n) is 9.37. The first-order valence-corrected chi connectivity index (χ1v) is 7.10. The van der Waals surface area contributed by atoms with E-state index >= 15 is 0 Å². The van der Waals surface area contributed by atoms with Crippen LogP contribution in [0.25, 0.3) is 0 Å². The molecule has 2 aromatic rings. The van der Waals surface area contributed by atoms with Gasteiger partial charge in [0.1, 0.15) is 21.3 Å². The van der Waals surface area contributed by atoms with Gasteiger partial charge in [-0.25, -0.2) is 22.0 Å². The molecule has 0 aliphatic rings. The molecule has 2 N–H and O–H groups in total. The van der Waals surface area contributed by atoms with Crippen LogP contribution in [0.15, 0.2) is 23.2 Å². The molecule has 1 aromatic carbocycles. The number of nitrogens with one attached hydrogen (secondary N) is 1. The fourth-order valence-corrected chi connectivity index (χ4v) is 3.10. The summed E-state index contributed by atoms with van der Waals surface area (Å²) in [5.74, 6) is -4.95. The number of aromatic nitrogens is 2. The Labute approximate surface area is 115 Å². The number of halogens is 2. The Hall–Kier alpha value is -2.14. The lowest BCUT2D eigenvalue weighted by Gasteiger charge is -2.08. The van der Waals surface area contributed by atoms with Gasteiger partial charge in [0.15, 0.2) is 5.82 Å². The number of anilines is 1. The Morgan fingerprint density at radius 1 is 1.35 bits per heavy atom. The minimum atomic E-state index is -4.41.